The Kier molecular flexibility index (Phi) is 3.72. The second-order valence-electron chi connectivity index (χ2n) is 5.60. The lowest BCUT2D eigenvalue weighted by Gasteiger charge is -2.27. The summed E-state index contributed by atoms with van der Waals surface area (Å²) in [5.74, 6) is -0.220. The highest BCUT2D eigenvalue weighted by molar-refractivity contribution is 5.81. The number of benzene rings is 1. The van der Waals surface area contributed by atoms with Gasteiger partial charge in [0.2, 0.25) is 5.91 Å². The van der Waals surface area contributed by atoms with E-state index in [1.807, 2.05) is 0 Å². The summed E-state index contributed by atoms with van der Waals surface area (Å²) < 4.78 is 13.9. The van der Waals surface area contributed by atoms with Gasteiger partial charge in [0, 0.05) is 24.7 Å². The number of likely N-dealkylation sites (N-methyl/N-ethyl adjacent to an activating group) is 1. The molecule has 1 heterocycles. The molecule has 0 radical (unpaired) electrons. The van der Waals surface area contributed by atoms with Crippen LogP contribution in [0, 0.1) is 5.82 Å². The molecule has 5 heteroatoms. The largest absolute Gasteiger partial charge is 0.320 e. The third kappa shape index (κ3) is 2.69. The van der Waals surface area contributed by atoms with Crippen LogP contribution in [0.15, 0.2) is 24.3 Å². The van der Waals surface area contributed by atoms with E-state index >= 15 is 0 Å². The predicted octanol–water partition coefficient (Wildman–Crippen LogP) is 1.35. The van der Waals surface area contributed by atoms with Crippen molar-refractivity contribution in [3.63, 3.8) is 0 Å². The lowest BCUT2D eigenvalue weighted by atomic mass is 10.1. The molecule has 0 spiro atoms. The summed E-state index contributed by atoms with van der Waals surface area (Å²) in [4.78, 5) is 16.0. The van der Waals surface area contributed by atoms with Crippen molar-refractivity contribution < 1.29 is 9.18 Å². The number of carbonyl (C=O) groups excluding carboxylic acids is 1. The first-order valence-electron chi connectivity index (χ1n) is 7.14. The molecular weight excluding hydrogens is 257 g/mol. The molecule has 1 aromatic carbocycles. The lowest BCUT2D eigenvalue weighted by Crippen LogP contribution is -2.37. The van der Waals surface area contributed by atoms with Gasteiger partial charge in [0.1, 0.15) is 12.0 Å². The Balaban J connectivity index is 1.70. The fourth-order valence-corrected chi connectivity index (χ4v) is 2.73. The van der Waals surface area contributed by atoms with Crippen molar-refractivity contribution in [1.29, 1.82) is 0 Å². The van der Waals surface area contributed by atoms with Gasteiger partial charge in [0.25, 0.3) is 0 Å². The van der Waals surface area contributed by atoms with Gasteiger partial charge in [-0.3, -0.25) is 10.1 Å². The molecule has 1 aromatic rings. The molecule has 1 N–H and O–H groups in total. The lowest BCUT2D eigenvalue weighted by molar-refractivity contribution is -0.128. The van der Waals surface area contributed by atoms with Crippen LogP contribution in [-0.4, -0.2) is 48.4 Å². The molecule has 0 aromatic heterocycles. The van der Waals surface area contributed by atoms with E-state index in [2.05, 4.69) is 17.3 Å². The topological polar surface area (TPSA) is 35.6 Å². The summed E-state index contributed by atoms with van der Waals surface area (Å²) in [6, 6.07) is 7.32. The van der Waals surface area contributed by atoms with Crippen molar-refractivity contribution in [3.05, 3.63) is 35.6 Å². The van der Waals surface area contributed by atoms with Crippen molar-refractivity contribution in [2.24, 2.45) is 0 Å². The second-order valence-corrected chi connectivity index (χ2v) is 5.60. The van der Waals surface area contributed by atoms with Gasteiger partial charge in [0.15, 0.2) is 0 Å². The molecule has 0 bridgehead atoms. The van der Waals surface area contributed by atoms with Crippen molar-refractivity contribution >= 4 is 5.91 Å². The molecule has 1 atom stereocenters. The molecule has 20 heavy (non-hydrogen) atoms. The van der Waals surface area contributed by atoms with E-state index in [1.54, 1.807) is 23.1 Å². The molecule has 3 rings (SSSR count). The van der Waals surface area contributed by atoms with Gasteiger partial charge in [0.05, 0.1) is 6.54 Å². The van der Waals surface area contributed by atoms with Crippen LogP contribution in [0.1, 0.15) is 24.6 Å². The van der Waals surface area contributed by atoms with E-state index in [0.29, 0.717) is 18.2 Å². The third-order valence-corrected chi connectivity index (χ3v) is 4.14. The Labute approximate surface area is 118 Å². The summed E-state index contributed by atoms with van der Waals surface area (Å²) in [5.41, 5.74) is 0.549. The SMILES string of the molecule is CN(CCN1C(=O)CNC1c1ccccc1F)C1CC1. The minimum absolute atomic E-state index is 0.0439. The van der Waals surface area contributed by atoms with E-state index in [1.165, 1.54) is 18.9 Å². The number of amides is 1. The molecule has 1 saturated heterocycles. The zero-order chi connectivity index (χ0) is 14.1. The van der Waals surface area contributed by atoms with Crippen LogP contribution in [0.3, 0.4) is 0 Å². The third-order valence-electron chi connectivity index (χ3n) is 4.14. The average molecular weight is 277 g/mol. The fourth-order valence-electron chi connectivity index (χ4n) is 2.73. The molecule has 1 unspecified atom stereocenters. The number of rotatable bonds is 5. The maximum Gasteiger partial charge on any atom is 0.238 e. The second kappa shape index (κ2) is 5.50. The van der Waals surface area contributed by atoms with Crippen molar-refractivity contribution in [1.82, 2.24) is 15.1 Å². The average Bonchev–Trinajstić information content (AvgIpc) is 3.22. The summed E-state index contributed by atoms with van der Waals surface area (Å²) in [6.07, 6.45) is 2.16. The highest BCUT2D eigenvalue weighted by Gasteiger charge is 2.34. The first kappa shape index (κ1) is 13.5. The van der Waals surface area contributed by atoms with Gasteiger partial charge in [-0.05, 0) is 26.0 Å². The first-order valence-corrected chi connectivity index (χ1v) is 7.14. The van der Waals surface area contributed by atoms with Gasteiger partial charge in [-0.15, -0.1) is 0 Å². The molecule has 108 valence electrons. The molecule has 2 aliphatic rings. The Morgan fingerprint density at radius 3 is 2.85 bits per heavy atom. The number of nitrogens with one attached hydrogen (secondary N) is 1. The molecule has 1 amide bonds. The summed E-state index contributed by atoms with van der Waals surface area (Å²) in [7, 11) is 2.09. The van der Waals surface area contributed by atoms with Crippen LogP contribution in [-0.2, 0) is 4.79 Å². The van der Waals surface area contributed by atoms with Gasteiger partial charge >= 0.3 is 0 Å². The van der Waals surface area contributed by atoms with E-state index in [0.717, 1.165) is 6.54 Å². The first-order chi connectivity index (χ1) is 9.66. The Bertz CT molecular complexity index is 504. The van der Waals surface area contributed by atoms with Gasteiger partial charge in [-0.2, -0.15) is 0 Å². The Hall–Kier alpha value is -1.46. The van der Waals surface area contributed by atoms with Crippen LogP contribution in [0.2, 0.25) is 0 Å². The normalized spacial score (nSPS) is 22.9. The highest BCUT2D eigenvalue weighted by Crippen LogP contribution is 2.27. The number of carbonyl (C=O) groups is 1. The monoisotopic (exact) mass is 277 g/mol. The highest BCUT2D eigenvalue weighted by atomic mass is 19.1. The van der Waals surface area contributed by atoms with Crippen LogP contribution >= 0.6 is 0 Å². The van der Waals surface area contributed by atoms with Crippen LogP contribution in [0.25, 0.3) is 0 Å². The van der Waals surface area contributed by atoms with Crippen molar-refractivity contribution in [2.75, 3.05) is 26.7 Å². The molecular formula is C15H20FN3O. The quantitative estimate of drug-likeness (QED) is 0.882. The maximum atomic E-state index is 13.9. The Morgan fingerprint density at radius 1 is 1.40 bits per heavy atom. The summed E-state index contributed by atoms with van der Waals surface area (Å²) in [5, 5.41) is 3.10. The molecule has 1 aliphatic carbocycles. The minimum Gasteiger partial charge on any atom is -0.320 e. The van der Waals surface area contributed by atoms with Crippen LogP contribution in [0.5, 0.6) is 0 Å². The smallest absolute Gasteiger partial charge is 0.238 e. The Morgan fingerprint density at radius 2 is 2.15 bits per heavy atom. The zero-order valence-corrected chi connectivity index (χ0v) is 11.7. The van der Waals surface area contributed by atoms with Crippen molar-refractivity contribution in [3.8, 4) is 0 Å². The van der Waals surface area contributed by atoms with E-state index in [-0.39, 0.29) is 24.4 Å². The predicted molar refractivity (Wildman–Crippen MR) is 74.5 cm³/mol. The number of hydrogen-bond acceptors (Lipinski definition) is 3. The van der Waals surface area contributed by atoms with Gasteiger partial charge in [-0.25, -0.2) is 4.39 Å². The minimum atomic E-state index is -0.337. The van der Waals surface area contributed by atoms with E-state index < -0.39 is 0 Å². The zero-order valence-electron chi connectivity index (χ0n) is 11.7. The van der Waals surface area contributed by atoms with Gasteiger partial charge in [-0.1, -0.05) is 18.2 Å². The van der Waals surface area contributed by atoms with Crippen LogP contribution in [0.4, 0.5) is 4.39 Å². The van der Waals surface area contributed by atoms with Crippen molar-refractivity contribution in [2.45, 2.75) is 25.0 Å². The summed E-state index contributed by atoms with van der Waals surface area (Å²) in [6.45, 7) is 1.76. The molecule has 1 saturated carbocycles. The molecule has 1 aliphatic heterocycles. The maximum absolute atomic E-state index is 13.9. The summed E-state index contributed by atoms with van der Waals surface area (Å²) >= 11 is 0. The van der Waals surface area contributed by atoms with E-state index in [4.69, 9.17) is 0 Å². The fraction of sp³-hybridized carbons (Fsp3) is 0.533. The standard InChI is InChI=1S/C15H20FN3O/c1-18(11-6-7-11)8-9-19-14(20)10-17-15(19)12-4-2-3-5-13(12)16/h2-5,11,15,17H,6-10H2,1H3. The number of nitrogens with zero attached hydrogens (tertiary/aromatic N) is 2. The van der Waals surface area contributed by atoms with Gasteiger partial charge < -0.3 is 9.80 Å². The number of hydrogen-bond donors (Lipinski definition) is 1. The number of halogens is 1. The van der Waals surface area contributed by atoms with Crippen LogP contribution < -0.4 is 5.32 Å². The molecule has 2 fully saturated rings. The molecule has 4 nitrogen and oxygen atoms in total. The van der Waals surface area contributed by atoms with E-state index in [9.17, 15) is 9.18 Å².